The molecule has 1 amide bonds. The van der Waals surface area contributed by atoms with Crippen LogP contribution in [0.5, 0.6) is 11.5 Å². The van der Waals surface area contributed by atoms with Crippen LogP contribution in [-0.4, -0.2) is 43.6 Å². The minimum Gasteiger partial charge on any atom is -0.462 e. The number of carbonyl (C=O) groups excluding carboxylic acids is 2. The molecule has 2 heterocycles. The zero-order chi connectivity index (χ0) is 22.5. The summed E-state index contributed by atoms with van der Waals surface area (Å²) in [7, 11) is 1.62. The van der Waals surface area contributed by atoms with Gasteiger partial charge in [0.1, 0.15) is 0 Å². The summed E-state index contributed by atoms with van der Waals surface area (Å²) < 4.78 is 23.7. The predicted molar refractivity (Wildman–Crippen MR) is 120 cm³/mol. The van der Waals surface area contributed by atoms with Gasteiger partial charge in [0.25, 0.3) is 5.91 Å². The topological polar surface area (TPSA) is 88.4 Å². The quantitative estimate of drug-likeness (QED) is 0.402. The summed E-state index contributed by atoms with van der Waals surface area (Å²) in [6, 6.07) is 10.7. The van der Waals surface area contributed by atoms with E-state index < -0.39 is 5.91 Å². The second kappa shape index (κ2) is 9.80. The number of methoxy groups -OCH3 is 1. The van der Waals surface area contributed by atoms with Crippen molar-refractivity contribution < 1.29 is 28.5 Å². The highest BCUT2D eigenvalue weighted by molar-refractivity contribution is 7.16. The first kappa shape index (κ1) is 21.8. The maximum atomic E-state index is 12.6. The van der Waals surface area contributed by atoms with Crippen molar-refractivity contribution in [3.05, 3.63) is 58.4 Å². The van der Waals surface area contributed by atoms with Gasteiger partial charge in [-0.15, -0.1) is 0 Å². The number of thiazole rings is 1. The van der Waals surface area contributed by atoms with E-state index in [1.54, 1.807) is 44.4 Å². The summed E-state index contributed by atoms with van der Waals surface area (Å²) in [5.74, 6) is 0.555. The lowest BCUT2D eigenvalue weighted by Gasteiger charge is -2.05. The standard InChI is InChI=1S/C23H22N2O6S/c1-3-29-22(27)16-6-7-17-20(13-16)32-23(25(17)10-11-28-2)24-21(26)9-5-15-4-8-18-19(12-15)31-14-30-18/h4-9,12-13H,3,10-11,14H2,1-2H3/b9-5-,24-23?. The molecular formula is C23H22N2O6S. The number of hydrogen-bond acceptors (Lipinski definition) is 7. The van der Waals surface area contributed by atoms with Crippen molar-refractivity contribution in [1.82, 2.24) is 4.57 Å². The predicted octanol–water partition coefficient (Wildman–Crippen LogP) is 3.40. The van der Waals surface area contributed by atoms with Crippen molar-refractivity contribution >= 4 is 39.5 Å². The van der Waals surface area contributed by atoms with Gasteiger partial charge in [-0.05, 0) is 48.9 Å². The number of nitrogens with zero attached hydrogens (tertiary/aromatic N) is 2. The molecule has 0 radical (unpaired) electrons. The number of esters is 1. The Morgan fingerprint density at radius 1 is 1.19 bits per heavy atom. The number of hydrogen-bond donors (Lipinski definition) is 0. The molecular weight excluding hydrogens is 432 g/mol. The van der Waals surface area contributed by atoms with Gasteiger partial charge in [-0.3, -0.25) is 4.79 Å². The lowest BCUT2D eigenvalue weighted by atomic mass is 10.2. The molecule has 0 N–H and O–H groups in total. The Labute approximate surface area is 188 Å². The molecule has 2 aromatic carbocycles. The normalized spacial score (nSPS) is 13.2. The Morgan fingerprint density at radius 2 is 2.03 bits per heavy atom. The van der Waals surface area contributed by atoms with Gasteiger partial charge in [-0.25, -0.2) is 4.79 Å². The van der Waals surface area contributed by atoms with Gasteiger partial charge in [-0.2, -0.15) is 4.99 Å². The van der Waals surface area contributed by atoms with E-state index in [-0.39, 0.29) is 12.8 Å². The highest BCUT2D eigenvalue weighted by Crippen LogP contribution is 2.32. The zero-order valence-electron chi connectivity index (χ0n) is 17.7. The Balaban J connectivity index is 1.64. The van der Waals surface area contributed by atoms with Crippen LogP contribution < -0.4 is 14.3 Å². The van der Waals surface area contributed by atoms with Gasteiger partial charge in [0.2, 0.25) is 6.79 Å². The summed E-state index contributed by atoms with van der Waals surface area (Å²) >= 11 is 1.33. The molecule has 1 aromatic heterocycles. The summed E-state index contributed by atoms with van der Waals surface area (Å²) in [6.07, 6.45) is 3.09. The average molecular weight is 455 g/mol. The van der Waals surface area contributed by atoms with E-state index in [2.05, 4.69) is 4.99 Å². The van der Waals surface area contributed by atoms with Crippen LogP contribution >= 0.6 is 11.3 Å². The Kier molecular flexibility index (Phi) is 6.67. The average Bonchev–Trinajstić information content (AvgIpc) is 3.39. The third-order valence-electron chi connectivity index (χ3n) is 4.73. The van der Waals surface area contributed by atoms with Gasteiger partial charge in [0, 0.05) is 19.7 Å². The number of amides is 1. The van der Waals surface area contributed by atoms with Crippen molar-refractivity contribution in [3.63, 3.8) is 0 Å². The highest BCUT2D eigenvalue weighted by atomic mass is 32.1. The first-order valence-corrected chi connectivity index (χ1v) is 10.9. The largest absolute Gasteiger partial charge is 0.462 e. The number of fused-ring (bicyclic) bond motifs is 2. The fourth-order valence-corrected chi connectivity index (χ4v) is 4.32. The second-order valence-electron chi connectivity index (χ2n) is 6.83. The van der Waals surface area contributed by atoms with E-state index in [4.69, 9.17) is 18.9 Å². The van der Waals surface area contributed by atoms with Crippen molar-refractivity contribution in [3.8, 4) is 11.5 Å². The summed E-state index contributed by atoms with van der Waals surface area (Å²) in [5, 5.41) is 0. The van der Waals surface area contributed by atoms with Crippen LogP contribution in [0.2, 0.25) is 0 Å². The van der Waals surface area contributed by atoms with E-state index in [0.29, 0.717) is 41.6 Å². The van der Waals surface area contributed by atoms with Crippen LogP contribution in [0.25, 0.3) is 16.3 Å². The number of carbonyl (C=O) groups is 2. The number of ether oxygens (including phenoxy) is 4. The molecule has 9 heteroatoms. The van der Waals surface area contributed by atoms with Gasteiger partial charge in [-0.1, -0.05) is 17.4 Å². The summed E-state index contributed by atoms with van der Waals surface area (Å²) in [6.45, 7) is 3.25. The molecule has 1 aliphatic rings. The van der Waals surface area contributed by atoms with Crippen LogP contribution in [0.3, 0.4) is 0 Å². The Morgan fingerprint density at radius 3 is 2.84 bits per heavy atom. The Hall–Kier alpha value is -3.43. The van der Waals surface area contributed by atoms with E-state index in [0.717, 1.165) is 15.8 Å². The number of benzene rings is 2. The molecule has 0 fully saturated rings. The monoisotopic (exact) mass is 454 g/mol. The third kappa shape index (κ3) is 4.74. The van der Waals surface area contributed by atoms with Crippen molar-refractivity contribution in [2.75, 3.05) is 27.1 Å². The molecule has 32 heavy (non-hydrogen) atoms. The SMILES string of the molecule is CCOC(=O)c1ccc2c(c1)sc(=NC(=O)/C=C\c1ccc3c(c1)OCO3)n2CCOC. The van der Waals surface area contributed by atoms with Crippen molar-refractivity contribution in [1.29, 1.82) is 0 Å². The van der Waals surface area contributed by atoms with Crippen LogP contribution in [0.4, 0.5) is 0 Å². The molecule has 166 valence electrons. The van der Waals surface area contributed by atoms with E-state index in [9.17, 15) is 9.59 Å². The first-order chi connectivity index (χ1) is 15.6. The van der Waals surface area contributed by atoms with Crippen molar-refractivity contribution in [2.24, 2.45) is 4.99 Å². The maximum Gasteiger partial charge on any atom is 0.338 e. The molecule has 0 unspecified atom stereocenters. The van der Waals surface area contributed by atoms with Gasteiger partial charge < -0.3 is 23.5 Å². The van der Waals surface area contributed by atoms with Crippen LogP contribution in [0.1, 0.15) is 22.8 Å². The van der Waals surface area contributed by atoms with Gasteiger partial charge in [0.15, 0.2) is 16.3 Å². The molecule has 8 nitrogen and oxygen atoms in total. The number of rotatable bonds is 7. The fourth-order valence-electron chi connectivity index (χ4n) is 3.21. The third-order valence-corrected chi connectivity index (χ3v) is 5.77. The second-order valence-corrected chi connectivity index (χ2v) is 7.84. The summed E-state index contributed by atoms with van der Waals surface area (Å²) in [5.41, 5.74) is 2.13. The Bertz CT molecular complexity index is 1260. The maximum absolute atomic E-state index is 12.6. The fraction of sp³-hybridized carbons (Fsp3) is 0.261. The molecule has 0 spiro atoms. The van der Waals surface area contributed by atoms with E-state index in [1.165, 1.54) is 17.4 Å². The van der Waals surface area contributed by atoms with Gasteiger partial charge in [0.05, 0.1) is 29.0 Å². The van der Waals surface area contributed by atoms with Crippen LogP contribution in [0.15, 0.2) is 47.5 Å². The smallest absolute Gasteiger partial charge is 0.338 e. The first-order valence-electron chi connectivity index (χ1n) is 10.0. The molecule has 0 saturated heterocycles. The van der Waals surface area contributed by atoms with Crippen LogP contribution in [-0.2, 0) is 20.8 Å². The minimum atomic E-state index is -0.397. The minimum absolute atomic E-state index is 0.196. The zero-order valence-corrected chi connectivity index (χ0v) is 18.5. The summed E-state index contributed by atoms with van der Waals surface area (Å²) in [4.78, 5) is 29.4. The van der Waals surface area contributed by atoms with Gasteiger partial charge >= 0.3 is 5.97 Å². The molecule has 0 saturated carbocycles. The molecule has 0 atom stereocenters. The molecule has 4 rings (SSSR count). The molecule has 0 bridgehead atoms. The lowest BCUT2D eigenvalue weighted by Crippen LogP contribution is -2.19. The highest BCUT2D eigenvalue weighted by Gasteiger charge is 2.13. The molecule has 0 aliphatic carbocycles. The number of aromatic nitrogens is 1. The van der Waals surface area contributed by atoms with Crippen molar-refractivity contribution in [2.45, 2.75) is 13.5 Å². The van der Waals surface area contributed by atoms with E-state index in [1.807, 2.05) is 16.7 Å². The molecule has 3 aromatic rings. The van der Waals surface area contributed by atoms with Crippen LogP contribution in [0, 0.1) is 0 Å². The lowest BCUT2D eigenvalue weighted by molar-refractivity contribution is -0.113. The molecule has 1 aliphatic heterocycles. The van der Waals surface area contributed by atoms with E-state index >= 15 is 0 Å².